The van der Waals surface area contributed by atoms with Crippen LogP contribution in [0.15, 0.2) is 24.3 Å². The summed E-state index contributed by atoms with van der Waals surface area (Å²) in [5.41, 5.74) is 2.48. The average molecular weight is 432 g/mol. The normalized spacial score (nSPS) is 28.0. The number of piperidine rings is 1. The van der Waals surface area contributed by atoms with Crippen molar-refractivity contribution < 1.29 is 9.53 Å². The standard InChI is InChI=1S/C21H33N3O2.2ClH/c1-15-10-16(2)13-24(12-15)14-19-6-4-18(5-7-19)11-23-21(25)20-17(3)26-9-8-22-20;;/h4-7,15-17,20,22H,8-14H2,1-3H3,(H,23,25);2*1H/t15?,16?,17-,20+;;/m1../s1. The van der Waals surface area contributed by atoms with Gasteiger partial charge in [-0.25, -0.2) is 0 Å². The SMILES string of the molecule is CC1CC(C)CN(Cc2ccc(CNC(=O)[C@H]3NCCO[C@@H]3C)cc2)C1.Cl.Cl. The lowest BCUT2D eigenvalue weighted by Crippen LogP contribution is -2.55. The van der Waals surface area contributed by atoms with Gasteiger partial charge in [0.15, 0.2) is 0 Å². The Morgan fingerprint density at radius 1 is 1.11 bits per heavy atom. The van der Waals surface area contributed by atoms with Gasteiger partial charge in [0.05, 0.1) is 12.7 Å². The summed E-state index contributed by atoms with van der Waals surface area (Å²) >= 11 is 0. The molecule has 28 heavy (non-hydrogen) atoms. The highest BCUT2D eigenvalue weighted by atomic mass is 35.5. The molecule has 3 rings (SSSR count). The van der Waals surface area contributed by atoms with Gasteiger partial charge in [-0.1, -0.05) is 38.1 Å². The largest absolute Gasteiger partial charge is 0.375 e. The Morgan fingerprint density at radius 3 is 2.32 bits per heavy atom. The molecule has 1 amide bonds. The average Bonchev–Trinajstić information content (AvgIpc) is 2.60. The second-order valence-electron chi connectivity index (χ2n) is 8.18. The van der Waals surface area contributed by atoms with E-state index in [1.54, 1.807) is 0 Å². The van der Waals surface area contributed by atoms with Crippen LogP contribution in [0.5, 0.6) is 0 Å². The molecule has 2 unspecified atom stereocenters. The molecule has 2 fully saturated rings. The highest BCUT2D eigenvalue weighted by Gasteiger charge is 2.28. The van der Waals surface area contributed by atoms with Crippen LogP contribution >= 0.6 is 24.8 Å². The summed E-state index contributed by atoms with van der Waals surface area (Å²) in [6.45, 7) is 12.0. The van der Waals surface area contributed by atoms with E-state index in [4.69, 9.17) is 4.74 Å². The molecule has 0 radical (unpaired) electrons. The van der Waals surface area contributed by atoms with Crippen molar-refractivity contribution in [1.82, 2.24) is 15.5 Å². The highest BCUT2D eigenvalue weighted by molar-refractivity contribution is 5.85. The Hall–Kier alpha value is -0.850. The Kier molecular flexibility index (Phi) is 10.8. The van der Waals surface area contributed by atoms with Crippen molar-refractivity contribution in [2.75, 3.05) is 26.2 Å². The summed E-state index contributed by atoms with van der Waals surface area (Å²) in [7, 11) is 0. The number of nitrogens with zero attached hydrogens (tertiary/aromatic N) is 1. The maximum Gasteiger partial charge on any atom is 0.240 e. The van der Waals surface area contributed by atoms with Gasteiger partial charge in [0.1, 0.15) is 6.04 Å². The van der Waals surface area contributed by atoms with Crippen molar-refractivity contribution in [3.05, 3.63) is 35.4 Å². The molecular weight excluding hydrogens is 397 g/mol. The molecule has 0 aliphatic carbocycles. The number of ether oxygens (including phenoxy) is 1. The van der Waals surface area contributed by atoms with E-state index in [0.29, 0.717) is 13.2 Å². The van der Waals surface area contributed by atoms with E-state index in [9.17, 15) is 4.79 Å². The molecule has 160 valence electrons. The van der Waals surface area contributed by atoms with Crippen molar-refractivity contribution in [1.29, 1.82) is 0 Å². The minimum Gasteiger partial charge on any atom is -0.375 e. The number of morpholine rings is 1. The second kappa shape index (κ2) is 12.0. The Labute approximate surface area is 181 Å². The summed E-state index contributed by atoms with van der Waals surface area (Å²) in [5.74, 6) is 1.58. The lowest BCUT2D eigenvalue weighted by Gasteiger charge is -2.35. The first-order chi connectivity index (χ1) is 12.5. The van der Waals surface area contributed by atoms with Gasteiger partial charge in [0.2, 0.25) is 5.91 Å². The van der Waals surface area contributed by atoms with E-state index in [2.05, 4.69) is 53.6 Å². The van der Waals surface area contributed by atoms with E-state index in [1.807, 2.05) is 6.92 Å². The van der Waals surface area contributed by atoms with Crippen molar-refractivity contribution in [3.8, 4) is 0 Å². The molecule has 2 N–H and O–H groups in total. The molecule has 0 spiro atoms. The van der Waals surface area contributed by atoms with Crippen molar-refractivity contribution in [2.45, 2.75) is 52.4 Å². The van der Waals surface area contributed by atoms with E-state index >= 15 is 0 Å². The second-order valence-corrected chi connectivity index (χ2v) is 8.18. The zero-order valence-electron chi connectivity index (χ0n) is 17.1. The van der Waals surface area contributed by atoms with E-state index in [0.717, 1.165) is 30.5 Å². The van der Waals surface area contributed by atoms with E-state index in [1.165, 1.54) is 25.1 Å². The monoisotopic (exact) mass is 431 g/mol. The molecule has 1 aromatic rings. The quantitative estimate of drug-likeness (QED) is 0.751. The number of carbonyl (C=O) groups is 1. The zero-order valence-corrected chi connectivity index (χ0v) is 18.8. The molecule has 4 atom stereocenters. The number of carbonyl (C=O) groups excluding carboxylic acids is 1. The molecule has 7 heteroatoms. The third kappa shape index (κ3) is 7.20. The minimum atomic E-state index is -0.258. The topological polar surface area (TPSA) is 53.6 Å². The van der Waals surface area contributed by atoms with Crippen molar-refractivity contribution in [2.24, 2.45) is 11.8 Å². The van der Waals surface area contributed by atoms with Crippen LogP contribution in [0.1, 0.15) is 38.3 Å². The van der Waals surface area contributed by atoms with Crippen LogP contribution in [0.4, 0.5) is 0 Å². The van der Waals surface area contributed by atoms with Gasteiger partial charge in [0.25, 0.3) is 0 Å². The fourth-order valence-corrected chi connectivity index (χ4v) is 4.27. The highest BCUT2D eigenvalue weighted by Crippen LogP contribution is 2.22. The first-order valence-electron chi connectivity index (χ1n) is 9.94. The molecule has 5 nitrogen and oxygen atoms in total. The first-order valence-corrected chi connectivity index (χ1v) is 9.94. The number of likely N-dealkylation sites (tertiary alicyclic amines) is 1. The fraction of sp³-hybridized carbons (Fsp3) is 0.667. The summed E-state index contributed by atoms with van der Waals surface area (Å²) in [5, 5.41) is 6.24. The predicted molar refractivity (Wildman–Crippen MR) is 118 cm³/mol. The number of halogens is 2. The summed E-state index contributed by atoms with van der Waals surface area (Å²) < 4.78 is 5.54. The van der Waals surface area contributed by atoms with Crippen LogP contribution in [0.25, 0.3) is 0 Å². The molecule has 0 saturated carbocycles. The van der Waals surface area contributed by atoms with Gasteiger partial charge >= 0.3 is 0 Å². The number of amides is 1. The van der Waals surface area contributed by atoms with Crippen molar-refractivity contribution >= 4 is 30.7 Å². The zero-order chi connectivity index (χ0) is 18.5. The molecule has 0 bridgehead atoms. The van der Waals surface area contributed by atoms with Gasteiger partial charge in [-0.3, -0.25) is 9.69 Å². The van der Waals surface area contributed by atoms with E-state index in [-0.39, 0.29) is 42.9 Å². The third-order valence-corrected chi connectivity index (χ3v) is 5.44. The number of rotatable bonds is 5. The molecule has 2 aliphatic heterocycles. The van der Waals surface area contributed by atoms with Gasteiger partial charge < -0.3 is 15.4 Å². The molecular formula is C21H35Cl2N3O2. The number of hydrogen-bond acceptors (Lipinski definition) is 4. The minimum absolute atomic E-state index is 0. The maximum atomic E-state index is 12.3. The van der Waals surface area contributed by atoms with Crippen LogP contribution in [0, 0.1) is 11.8 Å². The van der Waals surface area contributed by atoms with Crippen LogP contribution in [0.2, 0.25) is 0 Å². The molecule has 1 aromatic carbocycles. The first kappa shape index (κ1) is 25.2. The third-order valence-electron chi connectivity index (χ3n) is 5.44. The molecule has 2 saturated heterocycles. The van der Waals surface area contributed by atoms with E-state index < -0.39 is 0 Å². The van der Waals surface area contributed by atoms with Gasteiger partial charge in [-0.2, -0.15) is 0 Å². The predicted octanol–water partition coefficient (Wildman–Crippen LogP) is 3.00. The number of benzene rings is 1. The van der Waals surface area contributed by atoms with Gasteiger partial charge in [-0.15, -0.1) is 24.8 Å². The molecule has 2 aliphatic rings. The smallest absolute Gasteiger partial charge is 0.240 e. The van der Waals surface area contributed by atoms with Crippen LogP contribution in [-0.4, -0.2) is 49.2 Å². The van der Waals surface area contributed by atoms with Crippen LogP contribution in [-0.2, 0) is 22.6 Å². The summed E-state index contributed by atoms with van der Waals surface area (Å²) in [6, 6.07) is 8.37. The summed E-state index contributed by atoms with van der Waals surface area (Å²) in [6.07, 6.45) is 1.26. The summed E-state index contributed by atoms with van der Waals surface area (Å²) in [4.78, 5) is 14.9. The van der Waals surface area contributed by atoms with Crippen LogP contribution in [0.3, 0.4) is 0 Å². The maximum absolute atomic E-state index is 12.3. The van der Waals surface area contributed by atoms with Crippen molar-refractivity contribution in [3.63, 3.8) is 0 Å². The Bertz CT molecular complexity index is 590. The molecule has 2 heterocycles. The Morgan fingerprint density at radius 2 is 1.71 bits per heavy atom. The number of hydrogen-bond donors (Lipinski definition) is 2. The number of nitrogens with one attached hydrogen (secondary N) is 2. The Balaban J connectivity index is 0.00000196. The van der Waals surface area contributed by atoms with Gasteiger partial charge in [0, 0.05) is 32.7 Å². The van der Waals surface area contributed by atoms with Gasteiger partial charge in [-0.05, 0) is 36.3 Å². The lowest BCUT2D eigenvalue weighted by molar-refractivity contribution is -0.129. The fourth-order valence-electron chi connectivity index (χ4n) is 4.27. The lowest BCUT2D eigenvalue weighted by atomic mass is 9.91. The van der Waals surface area contributed by atoms with Crippen LogP contribution < -0.4 is 10.6 Å². The molecule has 0 aromatic heterocycles.